The van der Waals surface area contributed by atoms with Crippen LogP contribution in [-0.2, 0) is 6.42 Å². The van der Waals surface area contributed by atoms with Gasteiger partial charge in [0.25, 0.3) is 0 Å². The fraction of sp³-hybridized carbons (Fsp3) is 0.500. The molecule has 1 N–H and O–H groups in total. The minimum atomic E-state index is 0.453. The zero-order chi connectivity index (χ0) is 15.7. The number of hydrogen-bond donors (Lipinski definition) is 1. The van der Waals surface area contributed by atoms with E-state index in [-0.39, 0.29) is 0 Å². The first-order valence-electron chi connectivity index (χ1n) is 8.52. The summed E-state index contributed by atoms with van der Waals surface area (Å²) in [5, 5.41) is 3.52. The Labute approximate surface area is 137 Å². The van der Waals surface area contributed by atoms with Crippen LogP contribution in [0, 0.1) is 5.41 Å². The van der Waals surface area contributed by atoms with E-state index in [0.717, 1.165) is 55.5 Å². The van der Waals surface area contributed by atoms with Crippen LogP contribution in [0.1, 0.15) is 25.5 Å². The van der Waals surface area contributed by atoms with E-state index in [0.29, 0.717) is 5.41 Å². The predicted molar refractivity (Wildman–Crippen MR) is 91.4 cm³/mol. The van der Waals surface area contributed by atoms with Gasteiger partial charge in [-0.1, -0.05) is 6.92 Å². The monoisotopic (exact) mass is 309 g/mol. The molecule has 0 bridgehead atoms. The van der Waals surface area contributed by atoms with Gasteiger partial charge in [-0.05, 0) is 37.9 Å². The molecule has 1 spiro atoms. The smallest absolute Gasteiger partial charge is 0.161 e. The Balaban J connectivity index is 1.66. The number of nitrogens with one attached hydrogen (secondary N) is 1. The molecular formula is C18H23N5. The summed E-state index contributed by atoms with van der Waals surface area (Å²) in [6, 6.07) is 6.11. The van der Waals surface area contributed by atoms with Crippen molar-refractivity contribution in [2.75, 3.05) is 31.1 Å². The van der Waals surface area contributed by atoms with E-state index in [9.17, 15) is 0 Å². The molecule has 2 saturated heterocycles. The molecule has 0 aliphatic carbocycles. The standard InChI is InChI=1S/C18H23N5/c1-2-15-11-16(22-17(21-15)14-3-7-19-8-4-14)23-10-6-18(13-23)5-9-20-12-18/h3-4,7-8,11,20H,2,5-6,9-10,12-13H2,1H3. The Morgan fingerprint density at radius 2 is 2.09 bits per heavy atom. The molecule has 23 heavy (non-hydrogen) atoms. The highest BCUT2D eigenvalue weighted by atomic mass is 15.2. The number of aromatic nitrogens is 3. The summed E-state index contributed by atoms with van der Waals surface area (Å²) in [5.74, 6) is 1.89. The molecule has 2 aromatic rings. The Morgan fingerprint density at radius 1 is 1.22 bits per heavy atom. The number of anilines is 1. The SMILES string of the molecule is CCc1cc(N2CCC3(CCNC3)C2)nc(-c2ccncc2)n1. The lowest BCUT2D eigenvalue weighted by Crippen LogP contribution is -2.29. The Morgan fingerprint density at radius 3 is 2.83 bits per heavy atom. The maximum absolute atomic E-state index is 4.85. The third-order valence-corrected chi connectivity index (χ3v) is 5.16. The molecule has 2 aliphatic rings. The second-order valence-electron chi connectivity index (χ2n) is 6.73. The fourth-order valence-corrected chi connectivity index (χ4v) is 3.73. The number of rotatable bonds is 3. The zero-order valence-electron chi connectivity index (χ0n) is 13.6. The third-order valence-electron chi connectivity index (χ3n) is 5.16. The van der Waals surface area contributed by atoms with Crippen LogP contribution in [0.2, 0.25) is 0 Å². The number of aryl methyl sites for hydroxylation is 1. The Kier molecular flexibility index (Phi) is 3.73. The number of nitrogens with zero attached hydrogens (tertiary/aromatic N) is 4. The summed E-state index contributed by atoms with van der Waals surface area (Å²) < 4.78 is 0. The van der Waals surface area contributed by atoms with Crippen molar-refractivity contribution < 1.29 is 0 Å². The van der Waals surface area contributed by atoms with Gasteiger partial charge in [0, 0.05) is 54.8 Å². The van der Waals surface area contributed by atoms with E-state index in [1.165, 1.54) is 12.8 Å². The van der Waals surface area contributed by atoms with Gasteiger partial charge in [-0.2, -0.15) is 0 Å². The quantitative estimate of drug-likeness (QED) is 0.943. The molecule has 2 aliphatic heterocycles. The summed E-state index contributed by atoms with van der Waals surface area (Å²) in [5.41, 5.74) is 2.59. The van der Waals surface area contributed by atoms with Gasteiger partial charge in [0.15, 0.2) is 5.82 Å². The van der Waals surface area contributed by atoms with E-state index in [1.807, 2.05) is 12.1 Å². The largest absolute Gasteiger partial charge is 0.356 e. The molecule has 0 radical (unpaired) electrons. The van der Waals surface area contributed by atoms with Crippen molar-refractivity contribution in [2.45, 2.75) is 26.2 Å². The molecule has 120 valence electrons. The third kappa shape index (κ3) is 2.81. The molecule has 4 rings (SSSR count). The number of pyridine rings is 1. The maximum atomic E-state index is 4.85. The van der Waals surface area contributed by atoms with E-state index >= 15 is 0 Å². The molecule has 2 aromatic heterocycles. The maximum Gasteiger partial charge on any atom is 0.161 e. The van der Waals surface area contributed by atoms with Gasteiger partial charge < -0.3 is 10.2 Å². The molecule has 0 saturated carbocycles. The minimum absolute atomic E-state index is 0.453. The summed E-state index contributed by atoms with van der Waals surface area (Å²) in [7, 11) is 0. The second-order valence-corrected chi connectivity index (χ2v) is 6.73. The predicted octanol–water partition coefficient (Wildman–Crippen LogP) is 2.29. The molecule has 1 atom stereocenters. The normalized spacial score (nSPS) is 23.8. The fourth-order valence-electron chi connectivity index (χ4n) is 3.73. The van der Waals surface area contributed by atoms with Crippen molar-refractivity contribution >= 4 is 5.82 Å². The summed E-state index contributed by atoms with van der Waals surface area (Å²) in [6.07, 6.45) is 7.06. The Bertz CT molecular complexity index is 679. The van der Waals surface area contributed by atoms with E-state index in [2.05, 4.69) is 28.2 Å². The average molecular weight is 309 g/mol. The lowest BCUT2D eigenvalue weighted by Gasteiger charge is -2.24. The Hall–Kier alpha value is -2.01. The van der Waals surface area contributed by atoms with Crippen LogP contribution in [0.4, 0.5) is 5.82 Å². The van der Waals surface area contributed by atoms with Gasteiger partial charge in [-0.15, -0.1) is 0 Å². The van der Waals surface area contributed by atoms with Crippen LogP contribution >= 0.6 is 0 Å². The summed E-state index contributed by atoms with van der Waals surface area (Å²) in [4.78, 5) is 16.1. The molecule has 0 aromatic carbocycles. The van der Waals surface area contributed by atoms with Crippen LogP contribution in [0.25, 0.3) is 11.4 Å². The van der Waals surface area contributed by atoms with Crippen molar-refractivity contribution in [3.05, 3.63) is 36.3 Å². The molecule has 0 amide bonds. The second kappa shape index (κ2) is 5.89. The van der Waals surface area contributed by atoms with Crippen molar-refractivity contribution in [3.63, 3.8) is 0 Å². The van der Waals surface area contributed by atoms with Crippen LogP contribution < -0.4 is 10.2 Å². The van der Waals surface area contributed by atoms with Gasteiger partial charge >= 0.3 is 0 Å². The highest BCUT2D eigenvalue weighted by molar-refractivity contribution is 5.57. The lowest BCUT2D eigenvalue weighted by molar-refractivity contribution is 0.369. The summed E-state index contributed by atoms with van der Waals surface area (Å²) in [6.45, 7) is 6.65. The van der Waals surface area contributed by atoms with Crippen LogP contribution in [-0.4, -0.2) is 41.1 Å². The zero-order valence-corrected chi connectivity index (χ0v) is 13.6. The van der Waals surface area contributed by atoms with Crippen molar-refractivity contribution in [1.82, 2.24) is 20.3 Å². The van der Waals surface area contributed by atoms with Crippen LogP contribution in [0.5, 0.6) is 0 Å². The van der Waals surface area contributed by atoms with Gasteiger partial charge in [0.1, 0.15) is 5.82 Å². The van der Waals surface area contributed by atoms with E-state index < -0.39 is 0 Å². The van der Waals surface area contributed by atoms with Gasteiger partial charge in [-0.25, -0.2) is 9.97 Å². The van der Waals surface area contributed by atoms with Gasteiger partial charge in [-0.3, -0.25) is 4.98 Å². The summed E-state index contributed by atoms with van der Waals surface area (Å²) >= 11 is 0. The van der Waals surface area contributed by atoms with Crippen molar-refractivity contribution in [1.29, 1.82) is 0 Å². The number of hydrogen-bond acceptors (Lipinski definition) is 5. The first kappa shape index (κ1) is 14.6. The van der Waals surface area contributed by atoms with Crippen LogP contribution in [0.15, 0.2) is 30.6 Å². The van der Waals surface area contributed by atoms with Gasteiger partial charge in [0.05, 0.1) is 0 Å². The molecule has 4 heterocycles. The minimum Gasteiger partial charge on any atom is -0.356 e. The molecule has 5 nitrogen and oxygen atoms in total. The van der Waals surface area contributed by atoms with Crippen LogP contribution in [0.3, 0.4) is 0 Å². The molecule has 5 heteroatoms. The van der Waals surface area contributed by atoms with Crippen molar-refractivity contribution in [3.8, 4) is 11.4 Å². The average Bonchev–Trinajstić information content (AvgIpc) is 3.25. The highest BCUT2D eigenvalue weighted by Gasteiger charge is 2.40. The van der Waals surface area contributed by atoms with Gasteiger partial charge in [0.2, 0.25) is 0 Å². The topological polar surface area (TPSA) is 53.9 Å². The molecule has 2 fully saturated rings. The highest BCUT2D eigenvalue weighted by Crippen LogP contribution is 2.38. The van der Waals surface area contributed by atoms with E-state index in [1.54, 1.807) is 12.4 Å². The first-order chi connectivity index (χ1) is 11.3. The molecule has 1 unspecified atom stereocenters. The van der Waals surface area contributed by atoms with Crippen molar-refractivity contribution in [2.24, 2.45) is 5.41 Å². The molecular weight excluding hydrogens is 286 g/mol. The lowest BCUT2D eigenvalue weighted by atomic mass is 9.87. The first-order valence-corrected chi connectivity index (χ1v) is 8.52. The van der Waals surface area contributed by atoms with E-state index in [4.69, 9.17) is 9.97 Å².